The molecule has 1 aromatic carbocycles. The first-order chi connectivity index (χ1) is 15.2. The molecule has 32 heavy (non-hydrogen) atoms. The number of anilines is 1. The Kier molecular flexibility index (Phi) is 9.11. The zero-order valence-corrected chi connectivity index (χ0v) is 19.4. The highest BCUT2D eigenvalue weighted by atomic mass is 16.2. The van der Waals surface area contributed by atoms with Gasteiger partial charge in [-0.2, -0.15) is 0 Å². The summed E-state index contributed by atoms with van der Waals surface area (Å²) in [7, 11) is 0. The van der Waals surface area contributed by atoms with Gasteiger partial charge in [0.1, 0.15) is 5.78 Å². The minimum Gasteiger partial charge on any atom is -0.368 e. The van der Waals surface area contributed by atoms with Crippen molar-refractivity contribution in [2.75, 3.05) is 31.1 Å². The van der Waals surface area contributed by atoms with Gasteiger partial charge >= 0.3 is 0 Å². The number of aryl methyl sites for hydroxylation is 1. The molecule has 0 spiro atoms. The van der Waals surface area contributed by atoms with Gasteiger partial charge in [0, 0.05) is 50.3 Å². The van der Waals surface area contributed by atoms with Crippen LogP contribution in [-0.4, -0.2) is 71.8 Å². The molecule has 0 aliphatic carbocycles. The molecule has 1 aromatic rings. The molecule has 1 heterocycles. The third kappa shape index (κ3) is 6.24. The van der Waals surface area contributed by atoms with Crippen molar-refractivity contribution in [3.63, 3.8) is 0 Å². The maximum absolute atomic E-state index is 13.1. The molecule has 1 atom stereocenters. The first-order valence-electron chi connectivity index (χ1n) is 11.1. The van der Waals surface area contributed by atoms with E-state index in [0.29, 0.717) is 50.1 Å². The number of imide groups is 1. The fourth-order valence-corrected chi connectivity index (χ4v) is 3.95. The summed E-state index contributed by atoms with van der Waals surface area (Å²) >= 11 is 0. The molecule has 0 saturated carbocycles. The Morgan fingerprint density at radius 2 is 1.72 bits per heavy atom. The van der Waals surface area contributed by atoms with Crippen molar-refractivity contribution in [1.82, 2.24) is 9.80 Å². The summed E-state index contributed by atoms with van der Waals surface area (Å²) in [6, 6.07) is 4.42. The number of Topliss-reactive ketones (excluding diaryl/α,β-unsaturated/α-hetero) is 2. The topological polar surface area (TPSA) is 95.1 Å². The molecule has 1 saturated heterocycles. The van der Waals surface area contributed by atoms with E-state index < -0.39 is 11.9 Å². The summed E-state index contributed by atoms with van der Waals surface area (Å²) in [6.45, 7) is 9.25. The lowest BCUT2D eigenvalue weighted by molar-refractivity contribution is -0.131. The monoisotopic (exact) mass is 443 g/mol. The minimum atomic E-state index is -0.961. The summed E-state index contributed by atoms with van der Waals surface area (Å²) in [5.74, 6) is -0.811. The maximum Gasteiger partial charge on any atom is 0.261 e. The average Bonchev–Trinajstić information content (AvgIpc) is 2.76. The van der Waals surface area contributed by atoms with Crippen molar-refractivity contribution < 1.29 is 24.0 Å². The first kappa shape index (κ1) is 25.2. The van der Waals surface area contributed by atoms with Gasteiger partial charge in [-0.05, 0) is 57.4 Å². The second kappa shape index (κ2) is 11.5. The molecule has 1 aliphatic rings. The number of hydrogen-bond acceptors (Lipinski definition) is 6. The Balaban J connectivity index is 2.14. The summed E-state index contributed by atoms with van der Waals surface area (Å²) in [4.78, 5) is 65.2. The Morgan fingerprint density at radius 1 is 1.06 bits per heavy atom. The van der Waals surface area contributed by atoms with Gasteiger partial charge in [-0.3, -0.25) is 24.1 Å². The Hall–Kier alpha value is -3.03. The van der Waals surface area contributed by atoms with E-state index >= 15 is 0 Å². The second-order valence-corrected chi connectivity index (χ2v) is 8.30. The van der Waals surface area contributed by atoms with E-state index in [1.807, 2.05) is 24.0 Å². The lowest BCUT2D eigenvalue weighted by atomic mass is 10.0. The molecule has 8 heteroatoms. The molecule has 174 valence electrons. The van der Waals surface area contributed by atoms with Crippen LogP contribution in [0.15, 0.2) is 18.2 Å². The predicted molar refractivity (Wildman–Crippen MR) is 121 cm³/mol. The SMILES string of the molecule is CCCC(=O)N1CCN(c2ccc(C(=O)N(C=O)C(CCC(C)=O)C(C)=O)c(C)c2)CC1. The molecule has 0 N–H and O–H groups in total. The number of ketones is 2. The Bertz CT molecular complexity index is 874. The molecule has 1 fully saturated rings. The van der Waals surface area contributed by atoms with Crippen LogP contribution in [0.3, 0.4) is 0 Å². The fourth-order valence-electron chi connectivity index (χ4n) is 3.95. The van der Waals surface area contributed by atoms with Crippen LogP contribution in [0.1, 0.15) is 62.4 Å². The first-order valence-corrected chi connectivity index (χ1v) is 11.1. The molecule has 8 nitrogen and oxygen atoms in total. The molecular weight excluding hydrogens is 410 g/mol. The van der Waals surface area contributed by atoms with Crippen molar-refractivity contribution in [2.24, 2.45) is 0 Å². The largest absolute Gasteiger partial charge is 0.368 e. The number of amides is 3. The third-order valence-electron chi connectivity index (χ3n) is 5.82. The number of hydrogen-bond donors (Lipinski definition) is 0. The predicted octanol–water partition coefficient (Wildman–Crippen LogP) is 2.37. The van der Waals surface area contributed by atoms with Crippen LogP contribution < -0.4 is 4.90 Å². The van der Waals surface area contributed by atoms with Gasteiger partial charge in [0.25, 0.3) is 5.91 Å². The number of benzene rings is 1. The van der Waals surface area contributed by atoms with Crippen LogP contribution in [0.5, 0.6) is 0 Å². The van der Waals surface area contributed by atoms with E-state index in [4.69, 9.17) is 0 Å². The van der Waals surface area contributed by atoms with Crippen LogP contribution in [0.2, 0.25) is 0 Å². The van der Waals surface area contributed by atoms with Crippen molar-refractivity contribution >= 4 is 35.5 Å². The smallest absolute Gasteiger partial charge is 0.261 e. The van der Waals surface area contributed by atoms with Gasteiger partial charge < -0.3 is 14.6 Å². The number of rotatable bonds is 10. The van der Waals surface area contributed by atoms with Gasteiger partial charge in [-0.25, -0.2) is 0 Å². The number of piperazine rings is 1. The average molecular weight is 444 g/mol. The Labute approximate surface area is 189 Å². The molecule has 3 amide bonds. The summed E-state index contributed by atoms with van der Waals surface area (Å²) in [6.07, 6.45) is 2.01. The Morgan fingerprint density at radius 3 is 2.22 bits per heavy atom. The van der Waals surface area contributed by atoms with Crippen LogP contribution in [0.25, 0.3) is 0 Å². The second-order valence-electron chi connectivity index (χ2n) is 8.30. The van der Waals surface area contributed by atoms with E-state index in [1.165, 1.54) is 13.8 Å². The minimum absolute atomic E-state index is 0.105. The van der Waals surface area contributed by atoms with E-state index in [1.54, 1.807) is 13.0 Å². The number of carbonyl (C=O) groups excluding carboxylic acids is 5. The molecule has 0 bridgehead atoms. The van der Waals surface area contributed by atoms with Crippen molar-refractivity contribution in [3.05, 3.63) is 29.3 Å². The van der Waals surface area contributed by atoms with Gasteiger partial charge in [0.15, 0.2) is 5.78 Å². The molecule has 2 rings (SSSR count). The maximum atomic E-state index is 13.1. The van der Waals surface area contributed by atoms with Crippen LogP contribution in [-0.2, 0) is 19.2 Å². The standard InChI is InChI=1S/C24H33N3O5/c1-5-6-23(31)26-13-11-25(12-14-26)20-8-9-21(17(2)15-20)24(32)27(16-28)22(19(4)30)10-7-18(3)29/h8-9,15-16,22H,5-7,10-14H2,1-4H3. The molecule has 0 aromatic heterocycles. The lowest BCUT2D eigenvalue weighted by Gasteiger charge is -2.36. The van der Waals surface area contributed by atoms with E-state index in [0.717, 1.165) is 17.0 Å². The van der Waals surface area contributed by atoms with E-state index in [9.17, 15) is 24.0 Å². The van der Waals surface area contributed by atoms with Crippen molar-refractivity contribution in [2.45, 2.75) is 59.4 Å². The summed E-state index contributed by atoms with van der Waals surface area (Å²) in [5, 5.41) is 0. The third-order valence-corrected chi connectivity index (χ3v) is 5.82. The van der Waals surface area contributed by atoms with Gasteiger partial charge in [0.2, 0.25) is 12.3 Å². The highest BCUT2D eigenvalue weighted by molar-refractivity contribution is 6.04. The summed E-state index contributed by atoms with van der Waals surface area (Å²) in [5.41, 5.74) is 1.98. The quantitative estimate of drug-likeness (QED) is 0.515. The van der Waals surface area contributed by atoms with Crippen molar-refractivity contribution in [3.8, 4) is 0 Å². The molecule has 1 unspecified atom stereocenters. The zero-order chi connectivity index (χ0) is 23.8. The van der Waals surface area contributed by atoms with Gasteiger partial charge in [0.05, 0.1) is 6.04 Å². The molecule has 1 aliphatic heterocycles. The number of nitrogens with zero attached hydrogens (tertiary/aromatic N) is 3. The van der Waals surface area contributed by atoms with Crippen molar-refractivity contribution in [1.29, 1.82) is 0 Å². The molecule has 0 radical (unpaired) electrons. The zero-order valence-electron chi connectivity index (χ0n) is 19.4. The van der Waals surface area contributed by atoms with Gasteiger partial charge in [-0.1, -0.05) is 6.92 Å². The van der Waals surface area contributed by atoms with Crippen LogP contribution in [0.4, 0.5) is 5.69 Å². The summed E-state index contributed by atoms with van der Waals surface area (Å²) < 4.78 is 0. The van der Waals surface area contributed by atoms with Crippen LogP contribution in [0, 0.1) is 6.92 Å². The lowest BCUT2D eigenvalue weighted by Crippen LogP contribution is -2.48. The molecular formula is C24H33N3O5. The number of carbonyl (C=O) groups is 5. The highest BCUT2D eigenvalue weighted by Gasteiger charge is 2.29. The normalized spacial score (nSPS) is 14.6. The van der Waals surface area contributed by atoms with Gasteiger partial charge in [-0.15, -0.1) is 0 Å². The van der Waals surface area contributed by atoms with E-state index in [-0.39, 0.29) is 30.3 Å². The van der Waals surface area contributed by atoms with Crippen LogP contribution >= 0.6 is 0 Å². The highest BCUT2D eigenvalue weighted by Crippen LogP contribution is 2.23. The fraction of sp³-hybridized carbons (Fsp3) is 0.542. The van der Waals surface area contributed by atoms with E-state index in [2.05, 4.69) is 4.90 Å².